The van der Waals surface area contributed by atoms with Crippen molar-refractivity contribution >= 4 is 11.9 Å². The van der Waals surface area contributed by atoms with Crippen LogP contribution in [0.15, 0.2) is 71.4 Å². The number of furan rings is 1. The number of benzene rings is 2. The minimum absolute atomic E-state index is 0.175. The summed E-state index contributed by atoms with van der Waals surface area (Å²) in [7, 11) is 0. The molecule has 7 heteroatoms. The third-order valence-electron chi connectivity index (χ3n) is 5.04. The number of aryl methyl sites for hydroxylation is 1. The Morgan fingerprint density at radius 1 is 1.06 bits per heavy atom. The van der Waals surface area contributed by atoms with E-state index in [2.05, 4.69) is 29.2 Å². The van der Waals surface area contributed by atoms with Gasteiger partial charge in [0.2, 0.25) is 5.95 Å². The largest absolute Gasteiger partial charge is 0.486 e. The lowest BCUT2D eigenvalue weighted by atomic mass is 10.0. The molecule has 1 N–H and O–H groups in total. The quantitative estimate of drug-likeness (QED) is 0.416. The molecule has 4 rings (SSSR count). The predicted octanol–water partition coefficient (Wildman–Crippen LogP) is 5.18. The summed E-state index contributed by atoms with van der Waals surface area (Å²) in [5, 5.41) is 6.96. The Balaban J connectivity index is 1.31. The van der Waals surface area contributed by atoms with E-state index in [1.807, 2.05) is 55.5 Å². The van der Waals surface area contributed by atoms with Crippen LogP contribution in [0.3, 0.4) is 0 Å². The molecule has 0 saturated heterocycles. The SMILES string of the molecule is Cc1ccc(Cn2cnc(NC(=O)c3ccc(COc4ccc(C(C)C)cc4)o3)n2)cc1. The maximum atomic E-state index is 12.5. The summed E-state index contributed by atoms with van der Waals surface area (Å²) in [6, 6.07) is 19.5. The second kappa shape index (κ2) is 9.51. The van der Waals surface area contributed by atoms with Crippen LogP contribution in [0.5, 0.6) is 5.75 Å². The van der Waals surface area contributed by atoms with Crippen molar-refractivity contribution in [1.29, 1.82) is 0 Å². The number of aromatic nitrogens is 3. The molecule has 2 aromatic heterocycles. The number of carbonyl (C=O) groups is 1. The van der Waals surface area contributed by atoms with Crippen molar-refractivity contribution in [2.45, 2.75) is 39.8 Å². The summed E-state index contributed by atoms with van der Waals surface area (Å²) in [5.74, 6) is 1.76. The van der Waals surface area contributed by atoms with Gasteiger partial charge in [0.15, 0.2) is 5.76 Å². The zero-order chi connectivity index (χ0) is 22.5. The number of anilines is 1. The molecule has 0 spiro atoms. The van der Waals surface area contributed by atoms with Crippen molar-refractivity contribution in [1.82, 2.24) is 14.8 Å². The van der Waals surface area contributed by atoms with Crippen molar-refractivity contribution in [3.63, 3.8) is 0 Å². The summed E-state index contributed by atoms with van der Waals surface area (Å²) in [6.07, 6.45) is 1.58. The molecular formula is C25H26N4O3. The summed E-state index contributed by atoms with van der Waals surface area (Å²) in [6.45, 7) is 7.15. The zero-order valence-corrected chi connectivity index (χ0v) is 18.4. The van der Waals surface area contributed by atoms with E-state index >= 15 is 0 Å². The molecule has 2 aromatic carbocycles. The number of amides is 1. The van der Waals surface area contributed by atoms with Crippen molar-refractivity contribution < 1.29 is 13.9 Å². The van der Waals surface area contributed by atoms with Gasteiger partial charge in [0, 0.05) is 0 Å². The molecule has 7 nitrogen and oxygen atoms in total. The number of ether oxygens (including phenoxy) is 1. The van der Waals surface area contributed by atoms with Gasteiger partial charge in [-0.2, -0.15) is 0 Å². The van der Waals surface area contributed by atoms with Gasteiger partial charge in [0.25, 0.3) is 5.91 Å². The molecule has 0 atom stereocenters. The van der Waals surface area contributed by atoms with E-state index in [9.17, 15) is 4.79 Å². The smallest absolute Gasteiger partial charge is 0.293 e. The first-order valence-corrected chi connectivity index (χ1v) is 10.5. The Morgan fingerprint density at radius 2 is 1.81 bits per heavy atom. The minimum Gasteiger partial charge on any atom is -0.486 e. The van der Waals surface area contributed by atoms with E-state index in [0.29, 0.717) is 18.2 Å². The molecule has 0 aliphatic heterocycles. The molecule has 0 radical (unpaired) electrons. The first kappa shape index (κ1) is 21.4. The predicted molar refractivity (Wildman–Crippen MR) is 122 cm³/mol. The highest BCUT2D eigenvalue weighted by Gasteiger charge is 2.14. The van der Waals surface area contributed by atoms with Gasteiger partial charge in [-0.25, -0.2) is 9.67 Å². The fourth-order valence-electron chi connectivity index (χ4n) is 3.15. The first-order valence-electron chi connectivity index (χ1n) is 10.5. The standard InChI is InChI=1S/C25H26N4O3/c1-17(2)20-8-10-21(11-9-20)31-15-22-12-13-23(32-22)24(30)27-25-26-16-29(28-25)14-19-6-4-18(3)5-7-19/h4-13,16-17H,14-15H2,1-3H3,(H,27,28,30). The number of carbonyl (C=O) groups excluding carboxylic acids is 1. The molecule has 164 valence electrons. The molecule has 0 aliphatic carbocycles. The molecular weight excluding hydrogens is 404 g/mol. The van der Waals surface area contributed by atoms with Crippen molar-refractivity contribution in [2.75, 3.05) is 5.32 Å². The highest BCUT2D eigenvalue weighted by Crippen LogP contribution is 2.20. The lowest BCUT2D eigenvalue weighted by Crippen LogP contribution is -2.12. The lowest BCUT2D eigenvalue weighted by Gasteiger charge is -2.07. The van der Waals surface area contributed by atoms with Crippen LogP contribution in [0.1, 0.15) is 52.8 Å². The van der Waals surface area contributed by atoms with Gasteiger partial charge in [0.1, 0.15) is 24.4 Å². The van der Waals surface area contributed by atoms with E-state index < -0.39 is 5.91 Å². The van der Waals surface area contributed by atoms with Gasteiger partial charge in [-0.3, -0.25) is 10.1 Å². The van der Waals surface area contributed by atoms with E-state index in [0.717, 1.165) is 11.3 Å². The molecule has 0 aliphatic rings. The van der Waals surface area contributed by atoms with Crippen LogP contribution in [0.4, 0.5) is 5.95 Å². The lowest BCUT2D eigenvalue weighted by molar-refractivity contribution is 0.0991. The first-order chi connectivity index (χ1) is 15.5. The van der Waals surface area contributed by atoms with Gasteiger partial charge in [-0.05, 0) is 48.2 Å². The fraction of sp³-hybridized carbons (Fsp3) is 0.240. The van der Waals surface area contributed by atoms with Crippen LogP contribution < -0.4 is 10.1 Å². The molecule has 0 fully saturated rings. The molecule has 32 heavy (non-hydrogen) atoms. The zero-order valence-electron chi connectivity index (χ0n) is 18.4. The summed E-state index contributed by atoms with van der Waals surface area (Å²) >= 11 is 0. The van der Waals surface area contributed by atoms with Crippen LogP contribution in [0.2, 0.25) is 0 Å². The Morgan fingerprint density at radius 3 is 2.53 bits per heavy atom. The number of nitrogens with zero attached hydrogens (tertiary/aromatic N) is 3. The third kappa shape index (κ3) is 5.43. The Kier molecular flexibility index (Phi) is 6.35. The number of nitrogens with one attached hydrogen (secondary N) is 1. The summed E-state index contributed by atoms with van der Waals surface area (Å²) in [5.41, 5.74) is 3.56. The number of rotatable bonds is 8. The molecule has 2 heterocycles. The van der Waals surface area contributed by atoms with E-state index in [1.54, 1.807) is 23.1 Å². The van der Waals surface area contributed by atoms with Crippen molar-refractivity contribution in [3.8, 4) is 5.75 Å². The Labute approximate surface area is 187 Å². The van der Waals surface area contributed by atoms with Gasteiger partial charge < -0.3 is 9.15 Å². The maximum Gasteiger partial charge on any atom is 0.293 e. The second-order valence-corrected chi connectivity index (χ2v) is 7.98. The average Bonchev–Trinajstić information content (AvgIpc) is 3.44. The van der Waals surface area contributed by atoms with Crippen LogP contribution >= 0.6 is 0 Å². The molecule has 0 bridgehead atoms. The molecule has 0 unspecified atom stereocenters. The highest BCUT2D eigenvalue weighted by atomic mass is 16.5. The van der Waals surface area contributed by atoms with E-state index in [-0.39, 0.29) is 18.3 Å². The Bertz CT molecular complexity index is 1170. The normalized spacial score (nSPS) is 11.0. The molecule has 0 saturated carbocycles. The average molecular weight is 431 g/mol. The molecule has 4 aromatic rings. The van der Waals surface area contributed by atoms with Gasteiger partial charge in [-0.15, -0.1) is 5.10 Å². The van der Waals surface area contributed by atoms with Crippen molar-refractivity contribution in [2.24, 2.45) is 0 Å². The monoisotopic (exact) mass is 430 g/mol. The van der Waals surface area contributed by atoms with Crippen LogP contribution in [-0.4, -0.2) is 20.7 Å². The summed E-state index contributed by atoms with van der Waals surface area (Å²) in [4.78, 5) is 16.6. The van der Waals surface area contributed by atoms with Crippen LogP contribution in [0.25, 0.3) is 0 Å². The molecule has 1 amide bonds. The second-order valence-electron chi connectivity index (χ2n) is 7.98. The van der Waals surface area contributed by atoms with Crippen LogP contribution in [-0.2, 0) is 13.2 Å². The van der Waals surface area contributed by atoms with E-state index in [4.69, 9.17) is 9.15 Å². The van der Waals surface area contributed by atoms with Gasteiger partial charge >= 0.3 is 0 Å². The van der Waals surface area contributed by atoms with Gasteiger partial charge in [-0.1, -0.05) is 55.8 Å². The van der Waals surface area contributed by atoms with Crippen molar-refractivity contribution in [3.05, 3.63) is 95.2 Å². The maximum absolute atomic E-state index is 12.5. The number of hydrogen-bond acceptors (Lipinski definition) is 5. The number of hydrogen-bond donors (Lipinski definition) is 1. The van der Waals surface area contributed by atoms with Crippen LogP contribution in [0, 0.1) is 6.92 Å². The fourth-order valence-corrected chi connectivity index (χ4v) is 3.15. The Hall–Kier alpha value is -3.87. The topological polar surface area (TPSA) is 82.2 Å². The summed E-state index contributed by atoms with van der Waals surface area (Å²) < 4.78 is 13.0. The highest BCUT2D eigenvalue weighted by molar-refractivity contribution is 6.01. The third-order valence-corrected chi connectivity index (χ3v) is 5.04. The van der Waals surface area contributed by atoms with E-state index in [1.165, 1.54) is 11.1 Å². The van der Waals surface area contributed by atoms with Gasteiger partial charge in [0.05, 0.1) is 6.54 Å². The minimum atomic E-state index is -0.411.